The minimum Gasteiger partial charge on any atom is -0.354 e. The molecule has 0 aliphatic carbocycles. The fraction of sp³-hybridized carbons (Fsp3) is 0.467. The summed E-state index contributed by atoms with van der Waals surface area (Å²) in [6.07, 6.45) is 0.267. The topological polar surface area (TPSA) is 49.4 Å². The quantitative estimate of drug-likeness (QED) is 0.908. The van der Waals surface area contributed by atoms with Crippen LogP contribution in [0.15, 0.2) is 18.2 Å². The Bertz CT molecular complexity index is 501. The van der Waals surface area contributed by atoms with Crippen molar-refractivity contribution in [2.24, 2.45) is 0 Å². The van der Waals surface area contributed by atoms with Gasteiger partial charge in [0, 0.05) is 36.6 Å². The van der Waals surface area contributed by atoms with Crippen molar-refractivity contribution in [1.82, 2.24) is 5.32 Å². The van der Waals surface area contributed by atoms with Crippen LogP contribution in [-0.4, -0.2) is 24.4 Å². The molecule has 0 bridgehead atoms. The van der Waals surface area contributed by atoms with Gasteiger partial charge in [-0.15, -0.1) is 0 Å². The molecule has 0 aromatic heterocycles. The minimum absolute atomic E-state index is 0.0653. The third-order valence-electron chi connectivity index (χ3n) is 2.86. The number of benzene rings is 1. The fourth-order valence-corrected chi connectivity index (χ4v) is 2.00. The van der Waals surface area contributed by atoms with E-state index in [0.29, 0.717) is 17.3 Å². The van der Waals surface area contributed by atoms with E-state index in [9.17, 15) is 9.59 Å². The second-order valence-electron chi connectivity index (χ2n) is 5.08. The molecule has 0 fully saturated rings. The monoisotopic (exact) mass is 296 g/mol. The Kier molecular flexibility index (Phi) is 6.02. The van der Waals surface area contributed by atoms with Gasteiger partial charge < -0.3 is 10.2 Å². The standard InChI is InChI=1S/C15H21ClN2O2/c1-10(2)17-15(20)7-8-18(12(4)19)13-6-5-11(3)14(16)9-13/h5-6,9-10H,7-8H2,1-4H3,(H,17,20). The zero-order valence-corrected chi connectivity index (χ0v) is 13.1. The molecule has 0 saturated heterocycles. The number of nitrogens with one attached hydrogen (secondary N) is 1. The molecule has 0 spiro atoms. The Labute approximate surface area is 125 Å². The Morgan fingerprint density at radius 3 is 2.50 bits per heavy atom. The van der Waals surface area contributed by atoms with Gasteiger partial charge in [0.05, 0.1) is 0 Å². The molecule has 0 radical (unpaired) electrons. The molecule has 1 N–H and O–H groups in total. The zero-order valence-electron chi connectivity index (χ0n) is 12.4. The Morgan fingerprint density at radius 1 is 1.35 bits per heavy atom. The molecule has 0 aliphatic heterocycles. The predicted octanol–water partition coefficient (Wildman–Crippen LogP) is 2.92. The molecule has 0 heterocycles. The van der Waals surface area contributed by atoms with Gasteiger partial charge in [-0.25, -0.2) is 0 Å². The molecule has 1 aromatic carbocycles. The van der Waals surface area contributed by atoms with Crippen molar-refractivity contribution in [2.45, 2.75) is 40.2 Å². The van der Waals surface area contributed by atoms with E-state index in [2.05, 4.69) is 5.32 Å². The molecular formula is C15H21ClN2O2. The van der Waals surface area contributed by atoms with Crippen molar-refractivity contribution in [1.29, 1.82) is 0 Å². The van der Waals surface area contributed by atoms with Crippen LogP contribution in [0.1, 0.15) is 32.8 Å². The van der Waals surface area contributed by atoms with Gasteiger partial charge in [-0.1, -0.05) is 17.7 Å². The first-order valence-corrected chi connectivity index (χ1v) is 7.02. The summed E-state index contributed by atoms with van der Waals surface area (Å²) >= 11 is 6.08. The molecule has 0 atom stereocenters. The van der Waals surface area contributed by atoms with Crippen LogP contribution < -0.4 is 10.2 Å². The first-order valence-electron chi connectivity index (χ1n) is 6.65. The van der Waals surface area contributed by atoms with Crippen molar-refractivity contribution in [2.75, 3.05) is 11.4 Å². The highest BCUT2D eigenvalue weighted by Gasteiger charge is 2.14. The van der Waals surface area contributed by atoms with E-state index in [1.807, 2.05) is 32.9 Å². The van der Waals surface area contributed by atoms with E-state index in [1.165, 1.54) is 6.92 Å². The van der Waals surface area contributed by atoms with Crippen molar-refractivity contribution < 1.29 is 9.59 Å². The van der Waals surface area contributed by atoms with Gasteiger partial charge in [0.25, 0.3) is 0 Å². The number of nitrogens with zero attached hydrogens (tertiary/aromatic N) is 1. The lowest BCUT2D eigenvalue weighted by Crippen LogP contribution is -2.36. The van der Waals surface area contributed by atoms with E-state index >= 15 is 0 Å². The Hall–Kier alpha value is -1.55. The van der Waals surface area contributed by atoms with Crippen LogP contribution >= 0.6 is 11.6 Å². The van der Waals surface area contributed by atoms with Crippen molar-refractivity contribution in [3.8, 4) is 0 Å². The third-order valence-corrected chi connectivity index (χ3v) is 3.27. The number of aryl methyl sites for hydroxylation is 1. The van der Waals surface area contributed by atoms with E-state index in [-0.39, 0.29) is 24.3 Å². The molecule has 1 aromatic rings. The highest BCUT2D eigenvalue weighted by atomic mass is 35.5. The van der Waals surface area contributed by atoms with Crippen LogP contribution in [0.5, 0.6) is 0 Å². The lowest BCUT2D eigenvalue weighted by molar-refractivity contribution is -0.121. The van der Waals surface area contributed by atoms with Crippen molar-refractivity contribution >= 4 is 29.1 Å². The van der Waals surface area contributed by atoms with Crippen LogP contribution in [0.25, 0.3) is 0 Å². The molecule has 1 rings (SSSR count). The second kappa shape index (κ2) is 7.29. The van der Waals surface area contributed by atoms with Gasteiger partial charge in [-0.2, -0.15) is 0 Å². The van der Waals surface area contributed by atoms with E-state index < -0.39 is 0 Å². The zero-order chi connectivity index (χ0) is 15.3. The van der Waals surface area contributed by atoms with E-state index in [0.717, 1.165) is 5.56 Å². The summed E-state index contributed by atoms with van der Waals surface area (Å²) in [4.78, 5) is 24.9. The summed E-state index contributed by atoms with van der Waals surface area (Å²) in [5.74, 6) is -0.174. The van der Waals surface area contributed by atoms with Gasteiger partial charge in [0.1, 0.15) is 0 Å². The van der Waals surface area contributed by atoms with Crippen LogP contribution in [0, 0.1) is 6.92 Å². The lowest BCUT2D eigenvalue weighted by Gasteiger charge is -2.22. The Morgan fingerprint density at radius 2 is 2.00 bits per heavy atom. The van der Waals surface area contributed by atoms with Crippen LogP contribution in [0.4, 0.5) is 5.69 Å². The third kappa shape index (κ3) is 4.85. The molecule has 20 heavy (non-hydrogen) atoms. The number of hydrogen-bond acceptors (Lipinski definition) is 2. The van der Waals surface area contributed by atoms with Gasteiger partial charge >= 0.3 is 0 Å². The molecule has 5 heteroatoms. The summed E-state index contributed by atoms with van der Waals surface area (Å²) < 4.78 is 0. The highest BCUT2D eigenvalue weighted by molar-refractivity contribution is 6.31. The van der Waals surface area contributed by atoms with Crippen molar-refractivity contribution in [3.05, 3.63) is 28.8 Å². The fourth-order valence-electron chi connectivity index (χ4n) is 1.83. The largest absolute Gasteiger partial charge is 0.354 e. The number of carbonyl (C=O) groups is 2. The maximum absolute atomic E-state index is 11.7. The van der Waals surface area contributed by atoms with Crippen molar-refractivity contribution in [3.63, 3.8) is 0 Å². The average molecular weight is 297 g/mol. The number of hydrogen-bond donors (Lipinski definition) is 1. The van der Waals surface area contributed by atoms with Gasteiger partial charge in [-0.3, -0.25) is 9.59 Å². The first-order chi connectivity index (χ1) is 9.31. The summed E-state index contributed by atoms with van der Waals surface area (Å²) in [6.45, 7) is 7.53. The number of carbonyl (C=O) groups excluding carboxylic acids is 2. The molecule has 0 saturated carbocycles. The molecular weight excluding hydrogens is 276 g/mol. The Balaban J connectivity index is 2.77. The SMILES string of the molecule is CC(=O)N(CCC(=O)NC(C)C)c1ccc(C)c(Cl)c1. The number of halogens is 1. The summed E-state index contributed by atoms with van der Waals surface area (Å²) in [7, 11) is 0. The first kappa shape index (κ1) is 16.5. The molecule has 2 amide bonds. The summed E-state index contributed by atoms with van der Waals surface area (Å²) in [6, 6.07) is 5.55. The van der Waals surface area contributed by atoms with Gasteiger partial charge in [0.15, 0.2) is 0 Å². The average Bonchev–Trinajstić information content (AvgIpc) is 2.32. The molecule has 4 nitrogen and oxygen atoms in total. The number of rotatable bonds is 5. The smallest absolute Gasteiger partial charge is 0.223 e. The van der Waals surface area contributed by atoms with Crippen LogP contribution in [-0.2, 0) is 9.59 Å². The molecule has 110 valence electrons. The number of amides is 2. The maximum atomic E-state index is 11.7. The van der Waals surface area contributed by atoms with E-state index in [4.69, 9.17) is 11.6 Å². The maximum Gasteiger partial charge on any atom is 0.223 e. The van der Waals surface area contributed by atoms with E-state index in [1.54, 1.807) is 11.0 Å². The summed E-state index contributed by atoms with van der Waals surface area (Å²) in [5, 5.41) is 3.42. The summed E-state index contributed by atoms with van der Waals surface area (Å²) in [5.41, 5.74) is 1.67. The van der Waals surface area contributed by atoms with Crippen LogP contribution in [0.2, 0.25) is 5.02 Å². The normalized spacial score (nSPS) is 10.5. The van der Waals surface area contributed by atoms with Gasteiger partial charge in [0.2, 0.25) is 11.8 Å². The van der Waals surface area contributed by atoms with Crippen LogP contribution in [0.3, 0.4) is 0 Å². The molecule has 0 unspecified atom stereocenters. The lowest BCUT2D eigenvalue weighted by atomic mass is 10.2. The predicted molar refractivity (Wildman–Crippen MR) is 82.1 cm³/mol. The minimum atomic E-state index is -0.109. The number of anilines is 1. The second-order valence-corrected chi connectivity index (χ2v) is 5.48. The molecule has 0 aliphatic rings. The highest BCUT2D eigenvalue weighted by Crippen LogP contribution is 2.23. The van der Waals surface area contributed by atoms with Gasteiger partial charge in [-0.05, 0) is 38.5 Å².